The lowest BCUT2D eigenvalue weighted by molar-refractivity contribution is 0.0933. The summed E-state index contributed by atoms with van der Waals surface area (Å²) in [4.78, 5) is 19.1. The Balaban J connectivity index is 1.54. The minimum absolute atomic E-state index is 0.0830. The lowest BCUT2D eigenvalue weighted by atomic mass is 9.81. The molecule has 1 saturated heterocycles. The molecule has 2 aliphatic rings. The van der Waals surface area contributed by atoms with Crippen molar-refractivity contribution in [3.8, 4) is 10.4 Å². The Hall–Kier alpha value is -2.34. The SMILES string of the molecule is CC(C)(C)NS(=O)(=O)c1ccc(-c2sc(C(=O)NC3CCS(=O)(=O)CC3)nc2C2CCC2)c2ccccc12. The zero-order valence-corrected chi connectivity index (χ0v) is 24.2. The van der Waals surface area contributed by atoms with E-state index in [1.807, 2.05) is 51.1 Å². The highest BCUT2D eigenvalue weighted by Gasteiger charge is 2.31. The first kappa shape index (κ1) is 27.2. The van der Waals surface area contributed by atoms with Crippen LogP contribution in [0.15, 0.2) is 41.3 Å². The van der Waals surface area contributed by atoms with Crippen LogP contribution in [0.2, 0.25) is 0 Å². The van der Waals surface area contributed by atoms with Crippen molar-refractivity contribution in [2.45, 2.75) is 75.3 Å². The lowest BCUT2D eigenvalue weighted by Crippen LogP contribution is -2.40. The summed E-state index contributed by atoms with van der Waals surface area (Å²) in [5.74, 6) is 0.135. The van der Waals surface area contributed by atoms with Crippen LogP contribution < -0.4 is 10.0 Å². The predicted molar refractivity (Wildman–Crippen MR) is 151 cm³/mol. The molecule has 11 heteroatoms. The van der Waals surface area contributed by atoms with Gasteiger partial charge >= 0.3 is 0 Å². The first-order valence-electron chi connectivity index (χ1n) is 12.9. The fourth-order valence-electron chi connectivity index (χ4n) is 5.02. The number of rotatable bonds is 6. The molecule has 38 heavy (non-hydrogen) atoms. The lowest BCUT2D eigenvalue weighted by Gasteiger charge is -2.25. The van der Waals surface area contributed by atoms with Gasteiger partial charge in [-0.25, -0.2) is 26.5 Å². The molecule has 2 aromatic carbocycles. The molecular formula is C27H33N3O5S3. The number of carbonyl (C=O) groups is 1. The highest BCUT2D eigenvalue weighted by atomic mass is 32.2. The molecule has 1 saturated carbocycles. The van der Waals surface area contributed by atoms with E-state index in [4.69, 9.17) is 4.98 Å². The Morgan fingerprint density at radius 1 is 1.00 bits per heavy atom. The van der Waals surface area contributed by atoms with Crippen LogP contribution in [-0.4, -0.2) is 50.8 Å². The molecule has 3 aromatic rings. The van der Waals surface area contributed by atoms with E-state index < -0.39 is 25.4 Å². The van der Waals surface area contributed by atoms with E-state index in [1.165, 1.54) is 11.3 Å². The molecule has 8 nitrogen and oxygen atoms in total. The van der Waals surface area contributed by atoms with E-state index >= 15 is 0 Å². The van der Waals surface area contributed by atoms with Crippen LogP contribution >= 0.6 is 11.3 Å². The van der Waals surface area contributed by atoms with Crippen LogP contribution in [-0.2, 0) is 19.9 Å². The molecule has 0 atom stereocenters. The maximum absolute atomic E-state index is 13.3. The molecule has 2 N–H and O–H groups in total. The van der Waals surface area contributed by atoms with Gasteiger partial charge in [-0.05, 0) is 57.9 Å². The minimum Gasteiger partial charge on any atom is -0.347 e. The number of nitrogens with one attached hydrogen (secondary N) is 2. The maximum Gasteiger partial charge on any atom is 0.280 e. The summed E-state index contributed by atoms with van der Waals surface area (Å²) in [6.07, 6.45) is 3.92. The molecular weight excluding hydrogens is 543 g/mol. The highest BCUT2D eigenvalue weighted by Crippen LogP contribution is 2.45. The number of thiazole rings is 1. The average molecular weight is 576 g/mol. The van der Waals surface area contributed by atoms with Gasteiger partial charge in [0.2, 0.25) is 10.0 Å². The van der Waals surface area contributed by atoms with Crippen molar-refractivity contribution < 1.29 is 21.6 Å². The molecule has 2 fully saturated rings. The summed E-state index contributed by atoms with van der Waals surface area (Å²) in [6, 6.07) is 10.7. The molecule has 2 heterocycles. The number of sulfone groups is 1. The molecule has 0 unspecified atom stereocenters. The van der Waals surface area contributed by atoms with Gasteiger partial charge in [-0.3, -0.25) is 4.79 Å². The van der Waals surface area contributed by atoms with Crippen molar-refractivity contribution in [1.29, 1.82) is 0 Å². The van der Waals surface area contributed by atoms with Gasteiger partial charge < -0.3 is 5.32 Å². The van der Waals surface area contributed by atoms with Gasteiger partial charge in [-0.2, -0.15) is 0 Å². The number of hydrogen-bond donors (Lipinski definition) is 2. The number of fused-ring (bicyclic) bond motifs is 1. The normalized spacial score (nSPS) is 18.8. The van der Waals surface area contributed by atoms with Crippen LogP contribution in [0, 0.1) is 0 Å². The second kappa shape index (κ2) is 10.0. The summed E-state index contributed by atoms with van der Waals surface area (Å²) in [6.45, 7) is 5.42. The van der Waals surface area contributed by atoms with E-state index in [-0.39, 0.29) is 34.3 Å². The second-order valence-electron chi connectivity index (χ2n) is 11.3. The van der Waals surface area contributed by atoms with E-state index in [2.05, 4.69) is 10.0 Å². The van der Waals surface area contributed by atoms with Crippen LogP contribution in [0.1, 0.15) is 74.3 Å². The molecule has 0 spiro atoms. The summed E-state index contributed by atoms with van der Waals surface area (Å²) >= 11 is 1.32. The minimum atomic E-state index is -3.77. The summed E-state index contributed by atoms with van der Waals surface area (Å²) in [5.41, 5.74) is 1.11. The third-order valence-corrected chi connectivity index (χ3v) is 11.7. The van der Waals surface area contributed by atoms with Gasteiger partial charge in [0.05, 0.1) is 27.0 Å². The quantitative estimate of drug-likeness (QED) is 0.443. The van der Waals surface area contributed by atoms with Crippen LogP contribution in [0.5, 0.6) is 0 Å². The largest absolute Gasteiger partial charge is 0.347 e. The van der Waals surface area contributed by atoms with Crippen molar-refractivity contribution in [2.24, 2.45) is 0 Å². The van der Waals surface area contributed by atoms with Gasteiger partial charge in [-0.1, -0.05) is 36.8 Å². The van der Waals surface area contributed by atoms with E-state index in [0.29, 0.717) is 23.2 Å². The third kappa shape index (κ3) is 5.66. The van der Waals surface area contributed by atoms with Crippen molar-refractivity contribution in [3.63, 3.8) is 0 Å². The Labute approximate surface area is 228 Å². The number of benzene rings is 2. The predicted octanol–water partition coefficient (Wildman–Crippen LogP) is 4.61. The van der Waals surface area contributed by atoms with Gasteiger partial charge in [-0.15, -0.1) is 11.3 Å². The third-order valence-electron chi connectivity index (χ3n) is 7.09. The number of hydrogen-bond acceptors (Lipinski definition) is 7. The van der Waals surface area contributed by atoms with Gasteiger partial charge in [0.15, 0.2) is 5.01 Å². The van der Waals surface area contributed by atoms with Crippen LogP contribution in [0.25, 0.3) is 21.2 Å². The first-order chi connectivity index (χ1) is 17.8. The van der Waals surface area contributed by atoms with Crippen molar-refractivity contribution in [2.75, 3.05) is 11.5 Å². The average Bonchev–Trinajstić information content (AvgIpc) is 3.21. The monoisotopic (exact) mass is 575 g/mol. The van der Waals surface area contributed by atoms with Crippen LogP contribution in [0.4, 0.5) is 0 Å². The summed E-state index contributed by atoms with van der Waals surface area (Å²) in [7, 11) is -6.78. The Kier molecular flexibility index (Phi) is 7.17. The molecule has 0 bridgehead atoms. The Morgan fingerprint density at radius 2 is 1.66 bits per heavy atom. The maximum atomic E-state index is 13.3. The fourth-order valence-corrected chi connectivity index (χ4v) is 9.24. The van der Waals surface area contributed by atoms with E-state index in [0.717, 1.165) is 40.8 Å². The molecule has 1 aliphatic carbocycles. The standard InChI is InChI=1S/C27H33N3O5S3/c1-27(2,3)30-38(34,35)22-12-11-21(19-9-4-5-10-20(19)22)24-23(17-7-6-8-17)29-26(36-24)25(31)28-18-13-15-37(32,33)16-14-18/h4-5,9-12,17-18,30H,6-8,13-16H2,1-3H3,(H,28,31). The van der Waals surface area contributed by atoms with Crippen molar-refractivity contribution >= 4 is 47.9 Å². The van der Waals surface area contributed by atoms with Crippen molar-refractivity contribution in [3.05, 3.63) is 47.1 Å². The Morgan fingerprint density at radius 3 is 2.26 bits per heavy atom. The zero-order chi connectivity index (χ0) is 27.3. The summed E-state index contributed by atoms with van der Waals surface area (Å²) < 4.78 is 52.8. The van der Waals surface area contributed by atoms with Gasteiger partial charge in [0, 0.05) is 28.4 Å². The number of carbonyl (C=O) groups excluding carboxylic acids is 1. The molecule has 1 aromatic heterocycles. The molecule has 5 rings (SSSR count). The molecule has 204 valence electrons. The smallest absolute Gasteiger partial charge is 0.280 e. The number of nitrogens with zero attached hydrogens (tertiary/aromatic N) is 1. The topological polar surface area (TPSA) is 122 Å². The fraction of sp³-hybridized carbons (Fsp3) is 0.481. The van der Waals surface area contributed by atoms with Gasteiger partial charge in [0.1, 0.15) is 9.84 Å². The number of sulfonamides is 1. The molecule has 0 radical (unpaired) electrons. The molecule has 1 amide bonds. The highest BCUT2D eigenvalue weighted by molar-refractivity contribution is 7.91. The second-order valence-corrected chi connectivity index (χ2v) is 16.2. The summed E-state index contributed by atoms with van der Waals surface area (Å²) in [5, 5.41) is 4.74. The molecule has 1 aliphatic heterocycles. The van der Waals surface area contributed by atoms with Crippen molar-refractivity contribution in [1.82, 2.24) is 15.0 Å². The number of aromatic nitrogens is 1. The number of amides is 1. The van der Waals surface area contributed by atoms with E-state index in [9.17, 15) is 21.6 Å². The zero-order valence-electron chi connectivity index (χ0n) is 21.8. The van der Waals surface area contributed by atoms with Crippen LogP contribution in [0.3, 0.4) is 0 Å². The first-order valence-corrected chi connectivity index (χ1v) is 17.0. The van der Waals surface area contributed by atoms with Gasteiger partial charge in [0.25, 0.3) is 5.91 Å². The Bertz CT molecular complexity index is 1590. The van der Waals surface area contributed by atoms with E-state index in [1.54, 1.807) is 6.07 Å².